The number of nitrogens with one attached hydrogen (secondary N) is 1. The van der Waals surface area contributed by atoms with Crippen LogP contribution in [0.3, 0.4) is 0 Å². The van der Waals surface area contributed by atoms with E-state index in [-0.39, 0.29) is 6.42 Å². The van der Waals surface area contributed by atoms with Gasteiger partial charge in [0.2, 0.25) is 0 Å². The first-order chi connectivity index (χ1) is 7.74. The Kier molecular flexibility index (Phi) is 3.90. The van der Waals surface area contributed by atoms with Gasteiger partial charge >= 0.3 is 5.97 Å². The van der Waals surface area contributed by atoms with Crippen LogP contribution in [0.5, 0.6) is 0 Å². The molecule has 0 amide bonds. The molecule has 4 nitrogen and oxygen atoms in total. The number of thiazole rings is 1. The van der Waals surface area contributed by atoms with E-state index in [1.807, 2.05) is 6.20 Å². The summed E-state index contributed by atoms with van der Waals surface area (Å²) in [5.74, 6) is -0.0339. The number of carboxylic acid groups (broad SMARTS) is 1. The third-order valence-electron chi connectivity index (χ3n) is 2.81. The minimum absolute atomic E-state index is 0.201. The van der Waals surface area contributed by atoms with Crippen LogP contribution in [-0.4, -0.2) is 29.1 Å². The first-order valence-electron chi connectivity index (χ1n) is 5.60. The van der Waals surface area contributed by atoms with E-state index in [0.717, 1.165) is 29.4 Å². The Morgan fingerprint density at radius 1 is 1.69 bits per heavy atom. The third-order valence-corrected chi connectivity index (χ3v) is 3.89. The van der Waals surface area contributed by atoms with Gasteiger partial charge in [-0.25, -0.2) is 4.98 Å². The first-order valence-corrected chi connectivity index (χ1v) is 6.42. The minimum Gasteiger partial charge on any atom is -0.481 e. The van der Waals surface area contributed by atoms with Crippen molar-refractivity contribution in [3.63, 3.8) is 0 Å². The lowest BCUT2D eigenvalue weighted by Gasteiger charge is -2.03. The first kappa shape index (κ1) is 11.5. The largest absolute Gasteiger partial charge is 0.481 e. The minimum atomic E-state index is -0.741. The summed E-state index contributed by atoms with van der Waals surface area (Å²) in [6, 6.07) is 0. The molecule has 5 heteroatoms. The summed E-state index contributed by atoms with van der Waals surface area (Å²) in [5.41, 5.74) is 0. The molecule has 1 aliphatic heterocycles. The van der Waals surface area contributed by atoms with Crippen LogP contribution < -0.4 is 5.32 Å². The number of aryl methyl sites for hydroxylation is 1. The zero-order valence-corrected chi connectivity index (χ0v) is 9.92. The molecule has 2 heterocycles. The second kappa shape index (κ2) is 5.41. The Hall–Kier alpha value is -0.940. The van der Waals surface area contributed by atoms with Crippen molar-refractivity contribution in [1.29, 1.82) is 0 Å². The van der Waals surface area contributed by atoms with Gasteiger partial charge in [0.15, 0.2) is 0 Å². The van der Waals surface area contributed by atoms with Gasteiger partial charge in [0.1, 0.15) is 0 Å². The zero-order chi connectivity index (χ0) is 11.4. The molecular formula is C11H16N2O2S. The maximum Gasteiger partial charge on any atom is 0.303 e. The number of carboxylic acids is 1. The second-order valence-corrected chi connectivity index (χ2v) is 5.38. The molecule has 16 heavy (non-hydrogen) atoms. The van der Waals surface area contributed by atoms with Crippen molar-refractivity contribution < 1.29 is 9.90 Å². The van der Waals surface area contributed by atoms with E-state index in [1.165, 1.54) is 6.42 Å². The summed E-state index contributed by atoms with van der Waals surface area (Å²) in [4.78, 5) is 15.9. The van der Waals surface area contributed by atoms with Gasteiger partial charge < -0.3 is 10.4 Å². The number of aromatic nitrogens is 1. The average molecular weight is 240 g/mol. The molecule has 0 bridgehead atoms. The Labute approximate surface area is 98.7 Å². The number of rotatable bonds is 5. The maximum atomic E-state index is 10.4. The highest BCUT2D eigenvalue weighted by Gasteiger charge is 2.16. The van der Waals surface area contributed by atoms with Crippen molar-refractivity contribution in [1.82, 2.24) is 10.3 Å². The van der Waals surface area contributed by atoms with Gasteiger partial charge in [-0.1, -0.05) is 0 Å². The lowest BCUT2D eigenvalue weighted by molar-refractivity contribution is -0.136. The van der Waals surface area contributed by atoms with Gasteiger partial charge in [-0.3, -0.25) is 4.79 Å². The highest BCUT2D eigenvalue weighted by atomic mass is 32.1. The van der Waals surface area contributed by atoms with Crippen molar-refractivity contribution >= 4 is 17.3 Å². The fourth-order valence-corrected chi connectivity index (χ4v) is 2.96. The Balaban J connectivity index is 1.84. The zero-order valence-electron chi connectivity index (χ0n) is 9.11. The van der Waals surface area contributed by atoms with Crippen LogP contribution in [0.25, 0.3) is 0 Å². The topological polar surface area (TPSA) is 62.2 Å². The number of carbonyl (C=O) groups is 1. The molecule has 0 aliphatic carbocycles. The van der Waals surface area contributed by atoms with Crippen LogP contribution >= 0.6 is 11.3 Å². The summed E-state index contributed by atoms with van der Waals surface area (Å²) in [6.45, 7) is 2.20. The van der Waals surface area contributed by atoms with Crippen molar-refractivity contribution in [2.75, 3.05) is 13.1 Å². The number of hydrogen-bond acceptors (Lipinski definition) is 4. The summed E-state index contributed by atoms with van der Waals surface area (Å²) in [6.07, 6.45) is 4.89. The van der Waals surface area contributed by atoms with Crippen LogP contribution in [-0.2, 0) is 17.6 Å². The Morgan fingerprint density at radius 2 is 2.56 bits per heavy atom. The van der Waals surface area contributed by atoms with E-state index in [2.05, 4.69) is 10.3 Å². The van der Waals surface area contributed by atoms with E-state index in [4.69, 9.17) is 5.11 Å². The van der Waals surface area contributed by atoms with Gasteiger partial charge in [0.05, 0.1) is 11.4 Å². The summed E-state index contributed by atoms with van der Waals surface area (Å²) >= 11 is 1.66. The fourth-order valence-electron chi connectivity index (χ4n) is 1.92. The smallest absolute Gasteiger partial charge is 0.303 e. The van der Waals surface area contributed by atoms with Crippen molar-refractivity contribution in [2.45, 2.75) is 25.7 Å². The van der Waals surface area contributed by atoms with E-state index in [0.29, 0.717) is 12.3 Å². The molecule has 1 unspecified atom stereocenters. The van der Waals surface area contributed by atoms with Gasteiger partial charge in [-0.15, -0.1) is 11.3 Å². The molecule has 1 atom stereocenters. The van der Waals surface area contributed by atoms with Crippen molar-refractivity contribution in [3.05, 3.63) is 16.1 Å². The molecule has 1 aromatic rings. The van der Waals surface area contributed by atoms with Crippen LogP contribution in [0, 0.1) is 5.92 Å². The summed E-state index contributed by atoms with van der Waals surface area (Å²) < 4.78 is 0. The summed E-state index contributed by atoms with van der Waals surface area (Å²) in [5, 5.41) is 13.1. The summed E-state index contributed by atoms with van der Waals surface area (Å²) in [7, 11) is 0. The quantitative estimate of drug-likeness (QED) is 0.814. The van der Waals surface area contributed by atoms with E-state index in [9.17, 15) is 4.79 Å². The fraction of sp³-hybridized carbons (Fsp3) is 0.636. The third kappa shape index (κ3) is 3.28. The van der Waals surface area contributed by atoms with Gasteiger partial charge in [-0.2, -0.15) is 0 Å². The van der Waals surface area contributed by atoms with Crippen LogP contribution in [0.4, 0.5) is 0 Å². The molecule has 0 aromatic carbocycles. The molecule has 2 rings (SSSR count). The highest BCUT2D eigenvalue weighted by molar-refractivity contribution is 7.11. The predicted molar refractivity (Wildman–Crippen MR) is 62.8 cm³/mol. The van der Waals surface area contributed by atoms with Crippen molar-refractivity contribution in [3.8, 4) is 0 Å². The molecule has 1 aromatic heterocycles. The SMILES string of the molecule is O=C(O)CCc1cnc(CC2CCNC2)s1. The number of nitrogens with zero attached hydrogens (tertiary/aromatic N) is 1. The van der Waals surface area contributed by atoms with Crippen LogP contribution in [0.15, 0.2) is 6.20 Å². The van der Waals surface area contributed by atoms with Crippen LogP contribution in [0.1, 0.15) is 22.7 Å². The molecule has 1 aliphatic rings. The number of aliphatic carboxylic acids is 1. The highest BCUT2D eigenvalue weighted by Crippen LogP contribution is 2.20. The van der Waals surface area contributed by atoms with Gasteiger partial charge in [0, 0.05) is 17.5 Å². The normalized spacial score (nSPS) is 20.1. The predicted octanol–water partition coefficient (Wildman–Crippen LogP) is 1.31. The number of hydrogen-bond donors (Lipinski definition) is 2. The molecule has 1 fully saturated rings. The molecule has 1 saturated heterocycles. The van der Waals surface area contributed by atoms with Gasteiger partial charge in [0.25, 0.3) is 0 Å². The van der Waals surface area contributed by atoms with E-state index in [1.54, 1.807) is 11.3 Å². The molecular weight excluding hydrogens is 224 g/mol. The van der Waals surface area contributed by atoms with Gasteiger partial charge in [-0.05, 0) is 31.8 Å². The lowest BCUT2D eigenvalue weighted by atomic mass is 10.1. The molecule has 0 saturated carbocycles. The monoisotopic (exact) mass is 240 g/mol. The standard InChI is InChI=1S/C11H16N2O2S/c14-11(15)2-1-9-7-13-10(16-9)5-8-3-4-12-6-8/h7-8,12H,1-6H2,(H,14,15). The molecule has 0 spiro atoms. The Morgan fingerprint density at radius 3 is 3.25 bits per heavy atom. The second-order valence-electron chi connectivity index (χ2n) is 4.18. The molecule has 2 N–H and O–H groups in total. The average Bonchev–Trinajstić information content (AvgIpc) is 2.87. The van der Waals surface area contributed by atoms with Crippen molar-refractivity contribution in [2.24, 2.45) is 5.92 Å². The maximum absolute atomic E-state index is 10.4. The molecule has 88 valence electrons. The molecule has 0 radical (unpaired) electrons. The lowest BCUT2D eigenvalue weighted by Crippen LogP contribution is -2.10. The van der Waals surface area contributed by atoms with Crippen LogP contribution in [0.2, 0.25) is 0 Å². The Bertz CT molecular complexity index is 359. The van der Waals surface area contributed by atoms with E-state index < -0.39 is 5.97 Å². The van der Waals surface area contributed by atoms with E-state index >= 15 is 0 Å².